The average molecular weight is 302 g/mol. The summed E-state index contributed by atoms with van der Waals surface area (Å²) in [7, 11) is 0. The van der Waals surface area contributed by atoms with Gasteiger partial charge in [-0.05, 0) is 61.0 Å². The summed E-state index contributed by atoms with van der Waals surface area (Å²) in [6.07, 6.45) is 1.90. The van der Waals surface area contributed by atoms with Crippen molar-refractivity contribution in [2.24, 2.45) is 5.73 Å². The van der Waals surface area contributed by atoms with Gasteiger partial charge in [-0.15, -0.1) is 10.2 Å². The molecule has 0 saturated carbocycles. The lowest BCUT2D eigenvalue weighted by Crippen LogP contribution is -2.07. The highest BCUT2D eigenvalue weighted by Crippen LogP contribution is 2.33. The summed E-state index contributed by atoms with van der Waals surface area (Å²) in [5, 5.41) is 9.04. The number of benzene rings is 1. The third-order valence-electron chi connectivity index (χ3n) is 3.27. The maximum Gasteiger partial charge on any atom is 0.200 e. The van der Waals surface area contributed by atoms with E-state index in [1.807, 2.05) is 41.8 Å². The molecular weight excluding hydrogens is 287 g/mol. The number of pyridine rings is 1. The Kier molecular flexibility index (Phi) is 3.65. The molecule has 0 saturated heterocycles. The Bertz CT molecular complexity index is 797. The van der Waals surface area contributed by atoms with Crippen molar-refractivity contribution in [2.75, 3.05) is 0 Å². The van der Waals surface area contributed by atoms with Crippen LogP contribution in [-0.2, 0) is 0 Å². The first-order chi connectivity index (χ1) is 10.1. The number of fused-ring (bicyclic) bond motifs is 1. The molecule has 3 rings (SSSR count). The summed E-state index contributed by atoms with van der Waals surface area (Å²) in [4.78, 5) is 0.905. The molecule has 0 fully saturated rings. The van der Waals surface area contributed by atoms with Gasteiger partial charge >= 0.3 is 0 Å². The van der Waals surface area contributed by atoms with Crippen molar-refractivity contribution in [2.45, 2.75) is 29.9 Å². The zero-order valence-electron chi connectivity index (χ0n) is 11.7. The van der Waals surface area contributed by atoms with Gasteiger partial charge in [0.05, 0.1) is 0 Å². The lowest BCUT2D eigenvalue weighted by Gasteiger charge is -2.13. The number of nitrogens with two attached hydrogens (primary N) is 1. The SMILES string of the molecule is Cc1cc(Sc2nnc3ccccn23)c([C@H](C)N)cc1F. The van der Waals surface area contributed by atoms with Crippen LogP contribution in [0.25, 0.3) is 5.65 Å². The zero-order valence-corrected chi connectivity index (χ0v) is 12.6. The van der Waals surface area contributed by atoms with Crippen molar-refractivity contribution in [1.29, 1.82) is 0 Å². The molecule has 2 aromatic heterocycles. The summed E-state index contributed by atoms with van der Waals surface area (Å²) in [6, 6.07) is 8.78. The summed E-state index contributed by atoms with van der Waals surface area (Å²) in [5.74, 6) is -0.238. The van der Waals surface area contributed by atoms with E-state index in [-0.39, 0.29) is 11.9 Å². The van der Waals surface area contributed by atoms with Gasteiger partial charge in [0.25, 0.3) is 0 Å². The molecule has 6 heteroatoms. The number of aryl methyl sites for hydroxylation is 1. The van der Waals surface area contributed by atoms with Crippen molar-refractivity contribution in [1.82, 2.24) is 14.6 Å². The van der Waals surface area contributed by atoms with Crippen LogP contribution in [0.5, 0.6) is 0 Å². The highest BCUT2D eigenvalue weighted by molar-refractivity contribution is 7.99. The lowest BCUT2D eigenvalue weighted by atomic mass is 10.1. The highest BCUT2D eigenvalue weighted by atomic mass is 32.2. The molecule has 21 heavy (non-hydrogen) atoms. The summed E-state index contributed by atoms with van der Waals surface area (Å²) >= 11 is 1.44. The van der Waals surface area contributed by atoms with E-state index in [9.17, 15) is 4.39 Å². The van der Waals surface area contributed by atoms with Crippen molar-refractivity contribution in [3.8, 4) is 0 Å². The first-order valence-electron chi connectivity index (χ1n) is 6.59. The minimum absolute atomic E-state index is 0.238. The van der Waals surface area contributed by atoms with Crippen LogP contribution in [0.1, 0.15) is 24.1 Å². The Morgan fingerprint density at radius 3 is 2.86 bits per heavy atom. The van der Waals surface area contributed by atoms with Crippen LogP contribution in [0, 0.1) is 12.7 Å². The Morgan fingerprint density at radius 2 is 2.10 bits per heavy atom. The van der Waals surface area contributed by atoms with Gasteiger partial charge in [-0.1, -0.05) is 6.07 Å². The molecule has 4 nitrogen and oxygen atoms in total. The fraction of sp³-hybridized carbons (Fsp3) is 0.200. The minimum atomic E-state index is -0.248. The second kappa shape index (κ2) is 5.46. The smallest absolute Gasteiger partial charge is 0.200 e. The Balaban J connectivity index is 2.07. The molecule has 1 atom stereocenters. The molecule has 0 bridgehead atoms. The maximum absolute atomic E-state index is 13.8. The average Bonchev–Trinajstić information content (AvgIpc) is 2.86. The normalized spacial score (nSPS) is 12.8. The van der Waals surface area contributed by atoms with Crippen molar-refractivity contribution in [3.05, 3.63) is 53.5 Å². The predicted octanol–water partition coefficient (Wildman–Crippen LogP) is 3.35. The highest BCUT2D eigenvalue weighted by Gasteiger charge is 2.15. The van der Waals surface area contributed by atoms with E-state index in [1.165, 1.54) is 17.8 Å². The van der Waals surface area contributed by atoms with Crippen LogP contribution in [0.4, 0.5) is 4.39 Å². The third kappa shape index (κ3) is 2.64. The predicted molar refractivity (Wildman–Crippen MR) is 80.8 cm³/mol. The number of hydrogen-bond acceptors (Lipinski definition) is 4. The molecule has 0 radical (unpaired) electrons. The fourth-order valence-corrected chi connectivity index (χ4v) is 3.23. The van der Waals surface area contributed by atoms with Gasteiger partial charge in [0.2, 0.25) is 0 Å². The summed E-state index contributed by atoms with van der Waals surface area (Å²) in [5.41, 5.74) is 8.10. The van der Waals surface area contributed by atoms with Crippen LogP contribution >= 0.6 is 11.8 Å². The van der Waals surface area contributed by atoms with Gasteiger partial charge in [-0.2, -0.15) is 0 Å². The topological polar surface area (TPSA) is 56.2 Å². The Hall–Kier alpha value is -1.92. The maximum atomic E-state index is 13.8. The van der Waals surface area contributed by atoms with Gasteiger partial charge in [0.15, 0.2) is 10.8 Å². The zero-order chi connectivity index (χ0) is 15.0. The molecule has 2 N–H and O–H groups in total. The van der Waals surface area contributed by atoms with E-state index >= 15 is 0 Å². The number of aromatic nitrogens is 3. The molecule has 0 aliphatic rings. The molecule has 2 heterocycles. The molecule has 0 amide bonds. The van der Waals surface area contributed by atoms with Gasteiger partial charge in [0.1, 0.15) is 5.82 Å². The van der Waals surface area contributed by atoms with Gasteiger partial charge in [-0.25, -0.2) is 4.39 Å². The fourth-order valence-electron chi connectivity index (χ4n) is 2.10. The van der Waals surface area contributed by atoms with Crippen LogP contribution in [0.15, 0.2) is 46.6 Å². The molecule has 0 aliphatic heterocycles. The van der Waals surface area contributed by atoms with Crippen LogP contribution in [0.3, 0.4) is 0 Å². The third-order valence-corrected chi connectivity index (χ3v) is 4.30. The second-order valence-electron chi connectivity index (χ2n) is 4.94. The number of halogens is 1. The number of hydrogen-bond donors (Lipinski definition) is 1. The number of nitrogens with zero attached hydrogens (tertiary/aromatic N) is 3. The van der Waals surface area contributed by atoms with E-state index in [0.717, 1.165) is 21.3 Å². The van der Waals surface area contributed by atoms with Gasteiger partial charge < -0.3 is 5.73 Å². The Labute approximate surface area is 126 Å². The number of rotatable bonds is 3. The second-order valence-corrected chi connectivity index (χ2v) is 5.95. The first kappa shape index (κ1) is 14.0. The molecule has 3 aromatic rings. The van der Waals surface area contributed by atoms with E-state index in [0.29, 0.717) is 5.56 Å². The van der Waals surface area contributed by atoms with Crippen molar-refractivity contribution in [3.63, 3.8) is 0 Å². The van der Waals surface area contributed by atoms with E-state index < -0.39 is 0 Å². The van der Waals surface area contributed by atoms with E-state index in [1.54, 1.807) is 6.92 Å². The minimum Gasteiger partial charge on any atom is -0.324 e. The largest absolute Gasteiger partial charge is 0.324 e. The standard InChI is InChI=1S/C15H15FN4S/c1-9-7-13(11(10(2)17)8-12(9)16)21-15-19-18-14-5-3-4-6-20(14)15/h3-8,10H,17H2,1-2H3/t10-/m0/s1. The van der Waals surface area contributed by atoms with Crippen LogP contribution in [0.2, 0.25) is 0 Å². The summed E-state index contributed by atoms with van der Waals surface area (Å²) in [6.45, 7) is 3.59. The van der Waals surface area contributed by atoms with Gasteiger partial charge in [0, 0.05) is 17.1 Å². The molecule has 0 aliphatic carbocycles. The molecular formula is C15H15FN4S. The van der Waals surface area contributed by atoms with Crippen LogP contribution in [-0.4, -0.2) is 14.6 Å². The van der Waals surface area contributed by atoms with Crippen molar-refractivity contribution >= 4 is 17.4 Å². The van der Waals surface area contributed by atoms with E-state index in [2.05, 4.69) is 10.2 Å². The monoisotopic (exact) mass is 302 g/mol. The molecule has 0 unspecified atom stereocenters. The molecule has 1 aromatic carbocycles. The quantitative estimate of drug-likeness (QED) is 0.806. The van der Waals surface area contributed by atoms with Gasteiger partial charge in [-0.3, -0.25) is 4.40 Å². The van der Waals surface area contributed by atoms with Crippen LogP contribution < -0.4 is 5.73 Å². The van der Waals surface area contributed by atoms with E-state index in [4.69, 9.17) is 5.73 Å². The lowest BCUT2D eigenvalue weighted by molar-refractivity contribution is 0.610. The molecule has 108 valence electrons. The molecule has 0 spiro atoms. The summed E-state index contributed by atoms with van der Waals surface area (Å²) < 4.78 is 15.7. The first-order valence-corrected chi connectivity index (χ1v) is 7.41. The Morgan fingerprint density at radius 1 is 1.29 bits per heavy atom. The van der Waals surface area contributed by atoms with Crippen molar-refractivity contribution < 1.29 is 4.39 Å².